The van der Waals surface area contributed by atoms with Gasteiger partial charge in [0.25, 0.3) is 5.91 Å². The average molecular weight is 324 g/mol. The molecule has 1 aromatic carbocycles. The summed E-state index contributed by atoms with van der Waals surface area (Å²) in [5, 5.41) is 3.12. The highest BCUT2D eigenvalue weighted by molar-refractivity contribution is 5.98. The number of imidazole rings is 1. The van der Waals surface area contributed by atoms with Gasteiger partial charge in [0.15, 0.2) is 0 Å². The number of aryl methyl sites for hydroxylation is 1. The molecule has 6 nitrogen and oxygen atoms in total. The molecule has 0 fully saturated rings. The van der Waals surface area contributed by atoms with Crippen molar-refractivity contribution in [1.82, 2.24) is 14.9 Å². The highest BCUT2D eigenvalue weighted by atomic mass is 16.2. The first-order valence-corrected chi connectivity index (χ1v) is 8.34. The zero-order valence-electron chi connectivity index (χ0n) is 13.7. The van der Waals surface area contributed by atoms with Gasteiger partial charge in [0.1, 0.15) is 5.82 Å². The Morgan fingerprint density at radius 1 is 1.29 bits per heavy atom. The summed E-state index contributed by atoms with van der Waals surface area (Å²) in [5.41, 5.74) is 2.66. The molecule has 0 spiro atoms. The lowest BCUT2D eigenvalue weighted by Gasteiger charge is -2.24. The number of hydrogen-bond donors (Lipinski definition) is 1. The third kappa shape index (κ3) is 2.58. The largest absolute Gasteiger partial charge is 0.347 e. The van der Waals surface area contributed by atoms with Gasteiger partial charge in [0.05, 0.1) is 0 Å². The van der Waals surface area contributed by atoms with Gasteiger partial charge < -0.3 is 14.8 Å². The summed E-state index contributed by atoms with van der Waals surface area (Å²) in [6.07, 6.45) is 6.36. The number of anilines is 1. The number of fused-ring (bicyclic) bond motifs is 2. The Morgan fingerprint density at radius 3 is 3.00 bits per heavy atom. The molecule has 2 aliphatic rings. The molecule has 4 rings (SSSR count). The van der Waals surface area contributed by atoms with E-state index in [1.165, 1.54) is 0 Å². The van der Waals surface area contributed by atoms with Crippen molar-refractivity contribution >= 4 is 17.5 Å². The number of rotatable bonds is 2. The van der Waals surface area contributed by atoms with Gasteiger partial charge in [-0.1, -0.05) is 0 Å². The van der Waals surface area contributed by atoms with Gasteiger partial charge in [-0.3, -0.25) is 9.59 Å². The molecule has 1 atom stereocenters. The predicted molar refractivity (Wildman–Crippen MR) is 90.0 cm³/mol. The minimum absolute atomic E-state index is 0.0456. The van der Waals surface area contributed by atoms with Crippen LogP contribution >= 0.6 is 0 Å². The number of hydrogen-bond acceptors (Lipinski definition) is 3. The summed E-state index contributed by atoms with van der Waals surface area (Å²) in [6, 6.07) is 5.73. The van der Waals surface area contributed by atoms with Crippen LogP contribution < -0.4 is 10.2 Å². The monoisotopic (exact) mass is 324 g/mol. The van der Waals surface area contributed by atoms with Gasteiger partial charge in [-0.25, -0.2) is 4.98 Å². The summed E-state index contributed by atoms with van der Waals surface area (Å²) < 4.78 is 2.10. The van der Waals surface area contributed by atoms with Crippen LogP contribution in [0.15, 0.2) is 30.6 Å². The van der Waals surface area contributed by atoms with Crippen LogP contribution in [0.3, 0.4) is 0 Å². The van der Waals surface area contributed by atoms with Crippen LogP contribution in [0.1, 0.15) is 35.1 Å². The fourth-order valence-corrected chi connectivity index (χ4v) is 3.62. The van der Waals surface area contributed by atoms with Crippen molar-refractivity contribution in [2.24, 2.45) is 0 Å². The van der Waals surface area contributed by atoms with E-state index >= 15 is 0 Å². The summed E-state index contributed by atoms with van der Waals surface area (Å²) >= 11 is 0. The summed E-state index contributed by atoms with van der Waals surface area (Å²) in [5.74, 6) is 1.08. The Balaban J connectivity index is 1.47. The minimum Gasteiger partial charge on any atom is -0.347 e. The maximum atomic E-state index is 12.6. The van der Waals surface area contributed by atoms with Crippen LogP contribution in [0, 0.1) is 0 Å². The van der Waals surface area contributed by atoms with Gasteiger partial charge in [-0.15, -0.1) is 0 Å². The fourth-order valence-electron chi connectivity index (χ4n) is 3.62. The summed E-state index contributed by atoms with van der Waals surface area (Å²) in [6.45, 7) is 3.04. The highest BCUT2D eigenvalue weighted by Gasteiger charge is 2.24. The van der Waals surface area contributed by atoms with Gasteiger partial charge in [0.2, 0.25) is 5.91 Å². The number of benzene rings is 1. The minimum atomic E-state index is -0.0485. The number of carbonyl (C=O) groups excluding carboxylic acids is 2. The van der Waals surface area contributed by atoms with Gasteiger partial charge in [0, 0.05) is 56.1 Å². The van der Waals surface area contributed by atoms with Gasteiger partial charge in [-0.05, 0) is 36.6 Å². The van der Waals surface area contributed by atoms with Crippen molar-refractivity contribution < 1.29 is 9.59 Å². The Hall–Kier alpha value is -2.63. The Labute approximate surface area is 140 Å². The number of nitrogens with one attached hydrogen (secondary N) is 1. The number of amides is 2. The van der Waals surface area contributed by atoms with Crippen molar-refractivity contribution in [2.45, 2.75) is 38.8 Å². The highest BCUT2D eigenvalue weighted by Crippen LogP contribution is 2.29. The van der Waals surface area contributed by atoms with E-state index in [0.29, 0.717) is 12.1 Å². The van der Waals surface area contributed by atoms with Crippen LogP contribution in [0.2, 0.25) is 0 Å². The molecule has 2 amide bonds. The molecule has 0 bridgehead atoms. The standard InChI is InChI=1S/C18H20N4O2/c1-12(23)22-8-6-13-10-14(2-4-16(13)22)18(24)20-15-3-5-17-19-7-9-21(17)11-15/h2,4,7,9-10,15H,3,5-6,8,11H2,1H3,(H,20,24). The molecule has 0 saturated carbocycles. The van der Waals surface area contributed by atoms with Crippen LogP contribution in [-0.2, 0) is 24.2 Å². The van der Waals surface area contributed by atoms with Gasteiger partial charge in [-0.2, -0.15) is 0 Å². The summed E-state index contributed by atoms with van der Waals surface area (Å²) in [7, 11) is 0. The molecule has 0 aliphatic carbocycles. The SMILES string of the molecule is CC(=O)N1CCc2cc(C(=O)NC3CCc4nccn4C3)ccc21. The lowest BCUT2D eigenvalue weighted by atomic mass is 10.0. The van der Waals surface area contributed by atoms with Crippen molar-refractivity contribution in [3.63, 3.8) is 0 Å². The zero-order chi connectivity index (χ0) is 16.7. The normalized spacial score (nSPS) is 18.9. The second-order valence-electron chi connectivity index (χ2n) is 6.47. The van der Waals surface area contributed by atoms with E-state index in [4.69, 9.17) is 0 Å². The van der Waals surface area contributed by atoms with Crippen LogP contribution in [0.25, 0.3) is 0 Å². The van der Waals surface area contributed by atoms with E-state index in [1.807, 2.05) is 18.3 Å². The lowest BCUT2D eigenvalue weighted by Crippen LogP contribution is -2.40. The van der Waals surface area contributed by atoms with Crippen molar-refractivity contribution in [1.29, 1.82) is 0 Å². The molecule has 124 valence electrons. The predicted octanol–water partition coefficient (Wildman–Crippen LogP) is 1.54. The van der Waals surface area contributed by atoms with Gasteiger partial charge >= 0.3 is 0 Å². The second kappa shape index (κ2) is 5.78. The Bertz CT molecular complexity index is 811. The third-order valence-electron chi connectivity index (χ3n) is 4.89. The Kier molecular flexibility index (Phi) is 3.59. The number of carbonyl (C=O) groups is 2. The van der Waals surface area contributed by atoms with Crippen LogP contribution in [-0.4, -0.2) is 34.0 Å². The van der Waals surface area contributed by atoms with Crippen molar-refractivity contribution in [3.05, 3.63) is 47.5 Å². The zero-order valence-corrected chi connectivity index (χ0v) is 13.7. The third-order valence-corrected chi connectivity index (χ3v) is 4.89. The fraction of sp³-hybridized carbons (Fsp3) is 0.389. The smallest absolute Gasteiger partial charge is 0.251 e. The van der Waals surface area contributed by atoms with E-state index < -0.39 is 0 Å². The first-order chi connectivity index (χ1) is 11.6. The van der Waals surface area contributed by atoms with Crippen molar-refractivity contribution in [3.8, 4) is 0 Å². The molecule has 24 heavy (non-hydrogen) atoms. The maximum Gasteiger partial charge on any atom is 0.251 e. The molecule has 1 N–H and O–H groups in total. The first kappa shape index (κ1) is 14.9. The van der Waals surface area contributed by atoms with E-state index in [2.05, 4.69) is 14.9 Å². The second-order valence-corrected chi connectivity index (χ2v) is 6.47. The summed E-state index contributed by atoms with van der Waals surface area (Å²) in [4.78, 5) is 30.2. The van der Waals surface area contributed by atoms with E-state index in [1.54, 1.807) is 24.1 Å². The molecule has 1 aromatic heterocycles. The van der Waals surface area contributed by atoms with Crippen molar-refractivity contribution in [2.75, 3.05) is 11.4 Å². The van der Waals surface area contributed by atoms with Crippen LogP contribution in [0.4, 0.5) is 5.69 Å². The Morgan fingerprint density at radius 2 is 2.17 bits per heavy atom. The number of nitrogens with zero attached hydrogens (tertiary/aromatic N) is 3. The number of aromatic nitrogens is 2. The molecule has 2 aliphatic heterocycles. The van der Waals surface area contributed by atoms with E-state index in [-0.39, 0.29) is 17.9 Å². The van der Waals surface area contributed by atoms with E-state index in [0.717, 1.165) is 42.9 Å². The molecule has 1 unspecified atom stereocenters. The molecule has 0 radical (unpaired) electrons. The molecular formula is C18H20N4O2. The average Bonchev–Trinajstić information content (AvgIpc) is 3.20. The molecule has 6 heteroatoms. The quantitative estimate of drug-likeness (QED) is 0.911. The molecule has 0 saturated heterocycles. The van der Waals surface area contributed by atoms with Crippen LogP contribution in [0.5, 0.6) is 0 Å². The molecule has 2 aromatic rings. The lowest BCUT2D eigenvalue weighted by molar-refractivity contribution is -0.116. The first-order valence-electron chi connectivity index (χ1n) is 8.34. The molecular weight excluding hydrogens is 304 g/mol. The maximum absolute atomic E-state index is 12.6. The molecule has 3 heterocycles. The topological polar surface area (TPSA) is 67.2 Å². The van der Waals surface area contributed by atoms with E-state index in [9.17, 15) is 9.59 Å².